The number of nitrogens with one attached hydrogen (secondary N) is 2. The fraction of sp³-hybridized carbons (Fsp3) is 0.417. The van der Waals surface area contributed by atoms with Gasteiger partial charge in [-0.3, -0.25) is 4.79 Å². The van der Waals surface area contributed by atoms with Crippen LogP contribution in [0.2, 0.25) is 0 Å². The number of benzene rings is 1. The normalized spacial score (nSPS) is 20.6. The Morgan fingerprint density at radius 2 is 2.12 bits per heavy atom. The highest BCUT2D eigenvalue weighted by Crippen LogP contribution is 2.19. The molecule has 0 aromatic heterocycles. The number of hydrogen-bond donors (Lipinski definition) is 2. The van der Waals surface area contributed by atoms with Gasteiger partial charge in [-0.2, -0.15) is 0 Å². The van der Waals surface area contributed by atoms with Gasteiger partial charge in [-0.25, -0.2) is 8.78 Å². The van der Waals surface area contributed by atoms with Crippen molar-refractivity contribution in [2.45, 2.75) is 25.3 Å². The average molecular weight is 240 g/mol. The average Bonchev–Trinajstić information content (AvgIpc) is 2.51. The number of carbonyl (C=O) groups excluding carboxylic acids is 1. The predicted octanol–water partition coefficient (Wildman–Crippen LogP) is 2.05. The van der Waals surface area contributed by atoms with E-state index in [1.165, 1.54) is 12.1 Å². The molecule has 5 heteroatoms. The first-order chi connectivity index (χ1) is 8.18. The van der Waals surface area contributed by atoms with Crippen molar-refractivity contribution in [3.05, 3.63) is 29.8 Å². The van der Waals surface area contributed by atoms with Gasteiger partial charge in [0, 0.05) is 6.54 Å². The maximum absolute atomic E-state index is 13.4. The maximum Gasteiger partial charge on any atom is 0.242 e. The summed E-state index contributed by atoms with van der Waals surface area (Å²) in [5, 5.41) is 5.48. The molecule has 1 aliphatic heterocycles. The van der Waals surface area contributed by atoms with Gasteiger partial charge in [0.1, 0.15) is 6.04 Å². The first-order valence-electron chi connectivity index (χ1n) is 5.67. The van der Waals surface area contributed by atoms with Crippen LogP contribution in [-0.4, -0.2) is 18.5 Å². The van der Waals surface area contributed by atoms with E-state index < -0.39 is 17.7 Å². The Morgan fingerprint density at radius 3 is 2.94 bits per heavy atom. The third kappa shape index (κ3) is 2.72. The minimum atomic E-state index is -0.940. The van der Waals surface area contributed by atoms with Gasteiger partial charge in [0.05, 0.1) is 5.69 Å². The van der Waals surface area contributed by atoms with E-state index in [1.54, 1.807) is 0 Å². The fourth-order valence-electron chi connectivity index (χ4n) is 1.88. The second kappa shape index (κ2) is 5.12. The monoisotopic (exact) mass is 240 g/mol. The van der Waals surface area contributed by atoms with Crippen molar-refractivity contribution in [3.8, 4) is 0 Å². The third-order valence-corrected chi connectivity index (χ3v) is 2.82. The van der Waals surface area contributed by atoms with Crippen LogP contribution in [0.1, 0.15) is 19.3 Å². The second-order valence-corrected chi connectivity index (χ2v) is 4.09. The molecule has 1 saturated heterocycles. The summed E-state index contributed by atoms with van der Waals surface area (Å²) in [6.07, 6.45) is 2.42. The topological polar surface area (TPSA) is 41.1 Å². The van der Waals surface area contributed by atoms with Crippen LogP contribution in [-0.2, 0) is 4.79 Å². The van der Waals surface area contributed by atoms with Gasteiger partial charge in [-0.05, 0) is 31.4 Å². The zero-order valence-corrected chi connectivity index (χ0v) is 9.30. The molecule has 92 valence electrons. The third-order valence-electron chi connectivity index (χ3n) is 2.82. The molecule has 1 heterocycles. The van der Waals surface area contributed by atoms with Gasteiger partial charge < -0.3 is 10.6 Å². The SMILES string of the molecule is O=C1NCCCCC1Nc1cccc(F)c1F. The van der Waals surface area contributed by atoms with Gasteiger partial charge in [0.2, 0.25) is 5.91 Å². The molecule has 0 saturated carbocycles. The summed E-state index contributed by atoms with van der Waals surface area (Å²) in [6, 6.07) is 3.40. The first-order valence-corrected chi connectivity index (χ1v) is 5.67. The summed E-state index contributed by atoms with van der Waals surface area (Å²) < 4.78 is 26.4. The molecule has 0 radical (unpaired) electrons. The molecule has 3 nitrogen and oxygen atoms in total. The van der Waals surface area contributed by atoms with E-state index in [0.717, 1.165) is 18.9 Å². The Morgan fingerprint density at radius 1 is 1.29 bits per heavy atom. The minimum Gasteiger partial charge on any atom is -0.371 e. The van der Waals surface area contributed by atoms with E-state index in [2.05, 4.69) is 10.6 Å². The molecular formula is C12H14F2N2O. The Labute approximate surface area is 98.2 Å². The minimum absolute atomic E-state index is 0.0343. The highest BCUT2D eigenvalue weighted by molar-refractivity contribution is 5.84. The molecule has 1 aromatic carbocycles. The summed E-state index contributed by atoms with van der Waals surface area (Å²) >= 11 is 0. The number of hydrogen-bond acceptors (Lipinski definition) is 2. The van der Waals surface area contributed by atoms with Crippen LogP contribution in [0.15, 0.2) is 18.2 Å². The first kappa shape index (κ1) is 11.8. The largest absolute Gasteiger partial charge is 0.371 e. The van der Waals surface area contributed by atoms with Crippen molar-refractivity contribution < 1.29 is 13.6 Å². The molecule has 1 aliphatic rings. The van der Waals surface area contributed by atoms with Crippen molar-refractivity contribution in [1.29, 1.82) is 0 Å². The van der Waals surface area contributed by atoms with Crippen molar-refractivity contribution >= 4 is 11.6 Å². The fourth-order valence-corrected chi connectivity index (χ4v) is 1.88. The van der Waals surface area contributed by atoms with Gasteiger partial charge in [0.25, 0.3) is 0 Å². The molecule has 1 atom stereocenters. The Kier molecular flexibility index (Phi) is 3.56. The zero-order chi connectivity index (χ0) is 12.3. The van der Waals surface area contributed by atoms with Crippen LogP contribution >= 0.6 is 0 Å². The number of carbonyl (C=O) groups is 1. The van der Waals surface area contributed by atoms with E-state index in [0.29, 0.717) is 13.0 Å². The van der Waals surface area contributed by atoms with E-state index >= 15 is 0 Å². The summed E-state index contributed by atoms with van der Waals surface area (Å²) in [4.78, 5) is 11.6. The lowest BCUT2D eigenvalue weighted by molar-refractivity contribution is -0.121. The Hall–Kier alpha value is -1.65. The van der Waals surface area contributed by atoms with Crippen LogP contribution in [0.4, 0.5) is 14.5 Å². The van der Waals surface area contributed by atoms with E-state index in [1.807, 2.05) is 0 Å². The summed E-state index contributed by atoms with van der Waals surface area (Å²) in [7, 11) is 0. The van der Waals surface area contributed by atoms with E-state index in [9.17, 15) is 13.6 Å². The molecular weight excluding hydrogens is 226 g/mol. The number of amides is 1. The second-order valence-electron chi connectivity index (χ2n) is 4.09. The molecule has 0 bridgehead atoms. The molecule has 2 rings (SSSR count). The van der Waals surface area contributed by atoms with Crippen molar-refractivity contribution in [1.82, 2.24) is 5.32 Å². The summed E-state index contributed by atoms with van der Waals surface area (Å²) in [5.74, 6) is -2.01. The highest BCUT2D eigenvalue weighted by atomic mass is 19.2. The van der Waals surface area contributed by atoms with E-state index in [-0.39, 0.29) is 11.6 Å². The molecule has 1 fully saturated rings. The van der Waals surface area contributed by atoms with E-state index in [4.69, 9.17) is 0 Å². The number of anilines is 1. The predicted molar refractivity (Wildman–Crippen MR) is 60.6 cm³/mol. The number of halogens is 2. The molecule has 2 N–H and O–H groups in total. The lowest BCUT2D eigenvalue weighted by Crippen LogP contribution is -2.38. The molecule has 1 unspecified atom stereocenters. The number of rotatable bonds is 2. The summed E-state index contributed by atoms with van der Waals surface area (Å²) in [5.41, 5.74) is 0.0343. The standard InChI is InChI=1S/C12H14F2N2O/c13-8-4-3-6-9(11(8)14)16-10-5-1-2-7-15-12(10)17/h3-4,6,10,16H,1-2,5,7H2,(H,15,17). The van der Waals surface area contributed by atoms with Crippen LogP contribution in [0, 0.1) is 11.6 Å². The van der Waals surface area contributed by atoms with Crippen molar-refractivity contribution in [2.75, 3.05) is 11.9 Å². The van der Waals surface area contributed by atoms with Gasteiger partial charge in [0.15, 0.2) is 11.6 Å². The van der Waals surface area contributed by atoms with Crippen LogP contribution in [0.3, 0.4) is 0 Å². The van der Waals surface area contributed by atoms with Crippen molar-refractivity contribution in [3.63, 3.8) is 0 Å². The van der Waals surface area contributed by atoms with Crippen LogP contribution < -0.4 is 10.6 Å². The molecule has 1 amide bonds. The van der Waals surface area contributed by atoms with Gasteiger partial charge in [-0.1, -0.05) is 6.07 Å². The quantitative estimate of drug-likeness (QED) is 0.830. The smallest absolute Gasteiger partial charge is 0.242 e. The van der Waals surface area contributed by atoms with Crippen molar-refractivity contribution in [2.24, 2.45) is 0 Å². The maximum atomic E-state index is 13.4. The summed E-state index contributed by atoms with van der Waals surface area (Å²) in [6.45, 7) is 0.642. The molecule has 0 aliphatic carbocycles. The highest BCUT2D eigenvalue weighted by Gasteiger charge is 2.21. The zero-order valence-electron chi connectivity index (χ0n) is 9.30. The Balaban J connectivity index is 2.13. The van der Waals surface area contributed by atoms with Crippen LogP contribution in [0.5, 0.6) is 0 Å². The lowest BCUT2D eigenvalue weighted by Gasteiger charge is -2.16. The van der Waals surface area contributed by atoms with Gasteiger partial charge in [-0.15, -0.1) is 0 Å². The molecule has 17 heavy (non-hydrogen) atoms. The molecule has 1 aromatic rings. The molecule has 0 spiro atoms. The van der Waals surface area contributed by atoms with Gasteiger partial charge >= 0.3 is 0 Å². The lowest BCUT2D eigenvalue weighted by atomic mass is 10.1. The van der Waals surface area contributed by atoms with Crippen LogP contribution in [0.25, 0.3) is 0 Å². The Bertz CT molecular complexity index is 423.